The number of benzene rings is 1. The van der Waals surface area contributed by atoms with Gasteiger partial charge in [-0.25, -0.2) is 8.78 Å². The van der Waals surface area contributed by atoms with Gasteiger partial charge in [-0.2, -0.15) is 0 Å². The molecule has 0 aliphatic heterocycles. The molecule has 0 saturated heterocycles. The van der Waals surface area contributed by atoms with Crippen molar-refractivity contribution in [2.45, 2.75) is 0 Å². The highest BCUT2D eigenvalue weighted by Crippen LogP contribution is 2.25. The van der Waals surface area contributed by atoms with E-state index in [4.69, 9.17) is 4.52 Å². The van der Waals surface area contributed by atoms with Crippen LogP contribution in [0.2, 0.25) is 0 Å². The van der Waals surface area contributed by atoms with Crippen LogP contribution in [-0.4, -0.2) is 5.16 Å². The molecule has 14 heavy (non-hydrogen) atoms. The highest BCUT2D eigenvalue weighted by molar-refractivity contribution is 9.10. The van der Waals surface area contributed by atoms with Crippen LogP contribution in [0, 0.1) is 11.6 Å². The molecule has 2 nitrogen and oxygen atoms in total. The van der Waals surface area contributed by atoms with Gasteiger partial charge >= 0.3 is 0 Å². The van der Waals surface area contributed by atoms with Crippen molar-refractivity contribution in [2.24, 2.45) is 0 Å². The Hall–Kier alpha value is -1.23. The lowest BCUT2D eigenvalue weighted by atomic mass is 10.1. The van der Waals surface area contributed by atoms with Crippen molar-refractivity contribution in [2.75, 3.05) is 0 Å². The summed E-state index contributed by atoms with van der Waals surface area (Å²) in [6, 6.07) is 4.64. The van der Waals surface area contributed by atoms with E-state index in [0.717, 1.165) is 18.2 Å². The summed E-state index contributed by atoms with van der Waals surface area (Å²) in [7, 11) is 0. The first-order chi connectivity index (χ1) is 6.66. The fourth-order valence-corrected chi connectivity index (χ4v) is 1.36. The maximum absolute atomic E-state index is 13.2. The number of nitrogens with zero attached hydrogens (tertiary/aromatic N) is 1. The summed E-state index contributed by atoms with van der Waals surface area (Å²) in [5, 5.41) is 3.56. The lowest BCUT2D eigenvalue weighted by molar-refractivity contribution is 0.402. The molecule has 2 aromatic rings. The van der Waals surface area contributed by atoms with Gasteiger partial charge in [0.2, 0.25) is 4.67 Å². The Morgan fingerprint density at radius 2 is 2.00 bits per heavy atom. The summed E-state index contributed by atoms with van der Waals surface area (Å²) in [6.07, 6.45) is 0. The fourth-order valence-electron chi connectivity index (χ4n) is 1.07. The lowest BCUT2D eigenvalue weighted by Gasteiger charge is -1.97. The molecule has 0 aliphatic carbocycles. The first kappa shape index (κ1) is 9.33. The van der Waals surface area contributed by atoms with Gasteiger partial charge in [0.05, 0.1) is 0 Å². The van der Waals surface area contributed by atoms with Crippen molar-refractivity contribution in [3.63, 3.8) is 0 Å². The first-order valence-corrected chi connectivity index (χ1v) is 4.54. The Morgan fingerprint density at radius 3 is 2.64 bits per heavy atom. The molecule has 0 N–H and O–H groups in total. The Kier molecular flexibility index (Phi) is 2.33. The Balaban J connectivity index is 2.55. The minimum atomic E-state index is -0.535. The van der Waals surface area contributed by atoms with Crippen LogP contribution >= 0.6 is 15.9 Å². The molecule has 1 aromatic carbocycles. The van der Waals surface area contributed by atoms with Crippen molar-refractivity contribution in [1.29, 1.82) is 0 Å². The van der Waals surface area contributed by atoms with Gasteiger partial charge in [0.1, 0.15) is 17.3 Å². The first-order valence-electron chi connectivity index (χ1n) is 3.74. The van der Waals surface area contributed by atoms with E-state index < -0.39 is 11.6 Å². The van der Waals surface area contributed by atoms with E-state index in [1.807, 2.05) is 0 Å². The molecular weight excluding hydrogens is 256 g/mol. The van der Waals surface area contributed by atoms with Crippen molar-refractivity contribution in [1.82, 2.24) is 5.16 Å². The number of aromatic nitrogens is 1. The third kappa shape index (κ3) is 1.68. The van der Waals surface area contributed by atoms with Crippen molar-refractivity contribution < 1.29 is 13.3 Å². The van der Waals surface area contributed by atoms with E-state index >= 15 is 0 Å². The fraction of sp³-hybridized carbons (Fsp3) is 0. The highest BCUT2D eigenvalue weighted by atomic mass is 79.9. The third-order valence-electron chi connectivity index (χ3n) is 1.69. The molecule has 0 atom stereocenters. The average molecular weight is 260 g/mol. The van der Waals surface area contributed by atoms with E-state index in [2.05, 4.69) is 21.1 Å². The van der Waals surface area contributed by atoms with Crippen molar-refractivity contribution >= 4 is 15.9 Å². The van der Waals surface area contributed by atoms with Crippen LogP contribution in [0.25, 0.3) is 11.3 Å². The van der Waals surface area contributed by atoms with Gasteiger partial charge in [-0.1, -0.05) is 5.16 Å². The zero-order valence-corrected chi connectivity index (χ0v) is 8.38. The topological polar surface area (TPSA) is 26.0 Å². The lowest BCUT2D eigenvalue weighted by Crippen LogP contribution is -1.85. The van der Waals surface area contributed by atoms with E-state index in [1.54, 1.807) is 0 Å². The predicted molar refractivity (Wildman–Crippen MR) is 49.6 cm³/mol. The number of halogens is 3. The largest absolute Gasteiger partial charge is 0.349 e. The maximum atomic E-state index is 13.2. The zero-order valence-electron chi connectivity index (χ0n) is 6.80. The molecule has 0 unspecified atom stereocenters. The molecule has 0 aliphatic rings. The van der Waals surface area contributed by atoms with Gasteiger partial charge in [0.15, 0.2) is 0 Å². The summed E-state index contributed by atoms with van der Waals surface area (Å²) >= 11 is 3.03. The molecular formula is C9H4BrF2NO. The summed E-state index contributed by atoms with van der Waals surface area (Å²) in [4.78, 5) is 0. The minimum Gasteiger partial charge on any atom is -0.349 e. The van der Waals surface area contributed by atoms with Crippen LogP contribution in [-0.2, 0) is 0 Å². The van der Waals surface area contributed by atoms with Crippen molar-refractivity contribution in [3.05, 3.63) is 40.6 Å². The molecule has 0 saturated carbocycles. The van der Waals surface area contributed by atoms with Gasteiger partial charge in [0.25, 0.3) is 0 Å². The maximum Gasteiger partial charge on any atom is 0.202 e. The van der Waals surface area contributed by atoms with Crippen LogP contribution in [0.15, 0.2) is 33.5 Å². The summed E-state index contributed by atoms with van der Waals surface area (Å²) in [6.45, 7) is 0. The van der Waals surface area contributed by atoms with Crippen LogP contribution in [0.4, 0.5) is 8.78 Å². The summed E-state index contributed by atoms with van der Waals surface area (Å²) in [5.74, 6) is -1.05. The minimum absolute atomic E-state index is 0.0828. The molecule has 0 amide bonds. The van der Waals surface area contributed by atoms with E-state index in [0.29, 0.717) is 4.67 Å². The molecule has 1 heterocycles. The molecule has 2 rings (SSSR count). The molecule has 5 heteroatoms. The highest BCUT2D eigenvalue weighted by Gasteiger charge is 2.10. The van der Waals surface area contributed by atoms with Gasteiger partial charge in [-0.05, 0) is 34.1 Å². The molecule has 0 bridgehead atoms. The van der Waals surface area contributed by atoms with Gasteiger partial charge < -0.3 is 4.52 Å². The predicted octanol–water partition coefficient (Wildman–Crippen LogP) is 3.38. The Morgan fingerprint density at radius 1 is 1.21 bits per heavy atom. The zero-order chi connectivity index (χ0) is 10.1. The second-order valence-electron chi connectivity index (χ2n) is 2.64. The van der Waals surface area contributed by atoms with Crippen LogP contribution in [0.3, 0.4) is 0 Å². The molecule has 0 fully saturated rings. The van der Waals surface area contributed by atoms with E-state index in [9.17, 15) is 8.78 Å². The smallest absolute Gasteiger partial charge is 0.202 e. The van der Waals surface area contributed by atoms with Crippen LogP contribution < -0.4 is 0 Å². The van der Waals surface area contributed by atoms with Crippen LogP contribution in [0.1, 0.15) is 0 Å². The molecule has 0 radical (unpaired) electrons. The number of hydrogen-bond donors (Lipinski definition) is 0. The standard InChI is InChI=1S/C9H4BrF2NO/c10-9-4-8(13-14-9)6-3-5(11)1-2-7(6)12/h1-4H. The molecule has 1 aromatic heterocycles. The molecule has 72 valence electrons. The Bertz CT molecular complexity index is 470. The second-order valence-corrected chi connectivity index (χ2v) is 3.42. The average Bonchev–Trinajstić information content (AvgIpc) is 2.56. The van der Waals surface area contributed by atoms with Crippen LogP contribution in [0.5, 0.6) is 0 Å². The SMILES string of the molecule is Fc1ccc(F)c(-c2cc(Br)on2)c1. The number of hydrogen-bond acceptors (Lipinski definition) is 2. The van der Waals surface area contributed by atoms with E-state index in [-0.39, 0.29) is 11.3 Å². The third-order valence-corrected chi connectivity index (χ3v) is 2.06. The summed E-state index contributed by atoms with van der Waals surface area (Å²) < 4.78 is 31.1. The summed E-state index contributed by atoms with van der Waals surface area (Å²) in [5.41, 5.74) is 0.341. The van der Waals surface area contributed by atoms with Crippen molar-refractivity contribution in [3.8, 4) is 11.3 Å². The quantitative estimate of drug-likeness (QED) is 0.785. The molecule has 0 spiro atoms. The van der Waals surface area contributed by atoms with Gasteiger partial charge in [-0.15, -0.1) is 0 Å². The van der Waals surface area contributed by atoms with E-state index in [1.165, 1.54) is 6.07 Å². The van der Waals surface area contributed by atoms with Gasteiger partial charge in [0, 0.05) is 11.6 Å². The second kappa shape index (κ2) is 3.49. The number of rotatable bonds is 1. The Labute approximate surface area is 86.7 Å². The monoisotopic (exact) mass is 259 g/mol. The normalized spacial score (nSPS) is 10.5. The van der Waals surface area contributed by atoms with Gasteiger partial charge in [-0.3, -0.25) is 0 Å².